The van der Waals surface area contributed by atoms with E-state index in [9.17, 15) is 21.6 Å². The van der Waals surface area contributed by atoms with E-state index in [0.29, 0.717) is 16.1 Å². The Morgan fingerprint density at radius 3 is 1.70 bits per heavy atom. The number of fused-ring (bicyclic) bond motifs is 1. The summed E-state index contributed by atoms with van der Waals surface area (Å²) in [6.07, 6.45) is -0.598. The lowest BCUT2D eigenvalue weighted by atomic mass is 9.73. The Hall–Kier alpha value is -3.46. The topological polar surface area (TPSA) is 94.6 Å². The van der Waals surface area contributed by atoms with Crippen molar-refractivity contribution in [3.05, 3.63) is 125 Å². The highest BCUT2D eigenvalue weighted by atomic mass is 35.5. The first-order valence-electron chi connectivity index (χ1n) is 11.3. The Morgan fingerprint density at radius 2 is 1.16 bits per heavy atom. The average molecular weight is 553 g/mol. The zero-order valence-corrected chi connectivity index (χ0v) is 21.7. The van der Waals surface area contributed by atoms with Crippen molar-refractivity contribution in [3.8, 4) is 5.75 Å². The molecule has 0 saturated carbocycles. The van der Waals surface area contributed by atoms with Crippen molar-refractivity contribution in [1.29, 1.82) is 0 Å². The maximum Gasteiger partial charge on any atom is 0.326 e. The summed E-state index contributed by atoms with van der Waals surface area (Å²) in [5, 5.41) is 0.406. The van der Waals surface area contributed by atoms with Gasteiger partial charge in [-0.1, -0.05) is 78.3 Å². The lowest BCUT2D eigenvalue weighted by Gasteiger charge is -2.31. The number of esters is 1. The second-order valence-corrected chi connectivity index (χ2v) is 13.6. The highest BCUT2D eigenvalue weighted by molar-refractivity contribution is 8.09. The van der Waals surface area contributed by atoms with Crippen LogP contribution >= 0.6 is 11.6 Å². The molecule has 0 amide bonds. The van der Waals surface area contributed by atoms with Crippen LogP contribution in [0.15, 0.2) is 119 Å². The molecular weight excluding hydrogens is 532 g/mol. The summed E-state index contributed by atoms with van der Waals surface area (Å²) in [4.78, 5) is 13.3. The molecule has 0 aromatic heterocycles. The van der Waals surface area contributed by atoms with Crippen LogP contribution in [0.4, 0.5) is 0 Å². The van der Waals surface area contributed by atoms with Crippen molar-refractivity contribution >= 4 is 37.2 Å². The van der Waals surface area contributed by atoms with E-state index in [1.54, 1.807) is 60.7 Å². The third-order valence-electron chi connectivity index (χ3n) is 6.54. The number of halogens is 1. The molecule has 4 aromatic rings. The highest BCUT2D eigenvalue weighted by Gasteiger charge is 2.56. The van der Waals surface area contributed by atoms with Gasteiger partial charge in [0.25, 0.3) is 0 Å². The number of carbonyl (C=O) groups is 1. The van der Waals surface area contributed by atoms with Crippen molar-refractivity contribution in [3.63, 3.8) is 0 Å². The molecule has 0 radical (unpaired) electrons. The van der Waals surface area contributed by atoms with Gasteiger partial charge in [-0.25, -0.2) is 16.8 Å². The second kappa shape index (κ2) is 9.45. The third-order valence-corrected chi connectivity index (χ3v) is 11.9. The van der Waals surface area contributed by atoms with Crippen molar-refractivity contribution in [2.75, 3.05) is 0 Å². The first kappa shape index (κ1) is 25.2. The molecule has 0 unspecified atom stereocenters. The van der Waals surface area contributed by atoms with Gasteiger partial charge in [-0.3, -0.25) is 4.79 Å². The fraction of sp³-hybridized carbons (Fsp3) is 0.107. The molecule has 0 bridgehead atoms. The predicted octanol–water partition coefficient (Wildman–Crippen LogP) is 5.21. The van der Waals surface area contributed by atoms with E-state index in [-0.39, 0.29) is 15.5 Å². The van der Waals surface area contributed by atoms with Crippen LogP contribution in [0, 0.1) is 0 Å². The summed E-state index contributed by atoms with van der Waals surface area (Å²) in [5.41, 5.74) is -0.947. The molecule has 6 nitrogen and oxygen atoms in total. The SMILES string of the molecule is O=C1Oc2ccccc2[C@@]1(CC(S(=O)(=O)c1ccccc1)S(=O)(=O)c1ccccc1)c1ccc(Cl)cc1. The normalized spacial score (nSPS) is 17.4. The summed E-state index contributed by atoms with van der Waals surface area (Å²) in [7, 11) is -8.99. The molecule has 1 heterocycles. The molecule has 0 N–H and O–H groups in total. The van der Waals surface area contributed by atoms with Gasteiger partial charge < -0.3 is 4.74 Å². The molecule has 0 fully saturated rings. The largest absolute Gasteiger partial charge is 0.425 e. The Balaban J connectivity index is 1.79. The molecule has 0 saturated heterocycles. The standard InChI is InChI=1S/C28H21ClO6S2/c29-21-17-15-20(16-18-21)28(24-13-7-8-14-25(24)35-27(28)30)19-26(36(31,32)22-9-3-1-4-10-22)37(33,34)23-11-5-2-6-12-23/h1-18,26H,19H2/t28-/m1/s1. The number of rotatable bonds is 7. The number of para-hydroxylation sites is 1. The zero-order chi connectivity index (χ0) is 26.3. The van der Waals surface area contributed by atoms with Gasteiger partial charge in [0.2, 0.25) is 0 Å². The van der Waals surface area contributed by atoms with Gasteiger partial charge >= 0.3 is 5.97 Å². The van der Waals surface area contributed by atoms with E-state index in [1.807, 2.05) is 0 Å². The molecule has 0 spiro atoms. The van der Waals surface area contributed by atoms with Gasteiger partial charge in [-0.15, -0.1) is 0 Å². The van der Waals surface area contributed by atoms with Crippen LogP contribution in [-0.4, -0.2) is 27.4 Å². The average Bonchev–Trinajstić information content (AvgIpc) is 3.20. The van der Waals surface area contributed by atoms with E-state index >= 15 is 0 Å². The smallest absolute Gasteiger partial charge is 0.326 e. The number of carbonyl (C=O) groups excluding carboxylic acids is 1. The quantitative estimate of drug-likeness (QED) is 0.231. The lowest BCUT2D eigenvalue weighted by Crippen LogP contribution is -2.43. The van der Waals surface area contributed by atoms with Crippen LogP contribution in [0.2, 0.25) is 5.02 Å². The van der Waals surface area contributed by atoms with Gasteiger partial charge in [-0.2, -0.15) is 0 Å². The molecule has 5 rings (SSSR count). The molecule has 1 atom stereocenters. The van der Waals surface area contributed by atoms with E-state index in [4.69, 9.17) is 16.3 Å². The minimum absolute atomic E-state index is 0.162. The summed E-state index contributed by atoms with van der Waals surface area (Å²) in [6, 6.07) is 27.7. The van der Waals surface area contributed by atoms with Crippen molar-refractivity contribution in [1.82, 2.24) is 0 Å². The molecular formula is C28H21ClO6S2. The first-order valence-corrected chi connectivity index (χ1v) is 14.8. The second-order valence-electron chi connectivity index (χ2n) is 8.65. The zero-order valence-electron chi connectivity index (χ0n) is 19.3. The maximum absolute atomic E-state index is 14.0. The van der Waals surface area contributed by atoms with Crippen LogP contribution < -0.4 is 4.74 Å². The summed E-state index contributed by atoms with van der Waals surface area (Å²) < 4.78 is 59.7. The summed E-state index contributed by atoms with van der Waals surface area (Å²) in [5.74, 6) is -0.511. The summed E-state index contributed by atoms with van der Waals surface area (Å²) in [6.45, 7) is 0. The molecule has 4 aromatic carbocycles. The fourth-order valence-corrected chi connectivity index (χ4v) is 9.43. The van der Waals surface area contributed by atoms with Crippen LogP contribution in [0.25, 0.3) is 0 Å². The van der Waals surface area contributed by atoms with E-state index in [1.165, 1.54) is 48.5 Å². The van der Waals surface area contributed by atoms with Crippen LogP contribution in [-0.2, 0) is 29.9 Å². The fourth-order valence-electron chi connectivity index (χ4n) is 4.68. The maximum atomic E-state index is 14.0. The minimum atomic E-state index is -4.50. The summed E-state index contributed by atoms with van der Waals surface area (Å²) >= 11 is 6.10. The van der Waals surface area contributed by atoms with Crippen molar-refractivity contribution < 1.29 is 26.4 Å². The molecule has 37 heavy (non-hydrogen) atoms. The number of hydrogen-bond donors (Lipinski definition) is 0. The Bertz CT molecular complexity index is 1600. The highest BCUT2D eigenvalue weighted by Crippen LogP contribution is 2.49. The molecule has 1 aliphatic rings. The van der Waals surface area contributed by atoms with Gasteiger partial charge in [0.1, 0.15) is 11.2 Å². The monoisotopic (exact) mass is 552 g/mol. The molecule has 1 aliphatic heterocycles. The molecule has 0 aliphatic carbocycles. The van der Waals surface area contributed by atoms with Crippen LogP contribution in [0.3, 0.4) is 0 Å². The lowest BCUT2D eigenvalue weighted by molar-refractivity contribution is -0.137. The van der Waals surface area contributed by atoms with Crippen molar-refractivity contribution in [2.45, 2.75) is 26.2 Å². The third kappa shape index (κ3) is 4.25. The number of hydrogen-bond acceptors (Lipinski definition) is 6. The first-order chi connectivity index (χ1) is 17.7. The minimum Gasteiger partial charge on any atom is -0.425 e. The van der Waals surface area contributed by atoms with E-state index < -0.39 is 42.1 Å². The number of ether oxygens (including phenoxy) is 1. The Kier molecular flexibility index (Phi) is 6.43. The van der Waals surface area contributed by atoms with Gasteiger partial charge in [0.05, 0.1) is 9.79 Å². The number of benzene rings is 4. The van der Waals surface area contributed by atoms with Crippen LogP contribution in [0.1, 0.15) is 17.5 Å². The van der Waals surface area contributed by atoms with E-state index in [0.717, 1.165) is 0 Å². The van der Waals surface area contributed by atoms with Crippen molar-refractivity contribution in [2.24, 2.45) is 0 Å². The molecule has 9 heteroatoms. The van der Waals surface area contributed by atoms with Gasteiger partial charge in [0, 0.05) is 17.0 Å². The van der Waals surface area contributed by atoms with Gasteiger partial charge in [-0.05, 0) is 48.0 Å². The Morgan fingerprint density at radius 1 is 0.676 bits per heavy atom. The Labute approximate surface area is 220 Å². The van der Waals surface area contributed by atoms with Gasteiger partial charge in [0.15, 0.2) is 24.3 Å². The molecule has 188 valence electrons. The predicted molar refractivity (Wildman–Crippen MR) is 140 cm³/mol. The van der Waals surface area contributed by atoms with E-state index in [2.05, 4.69) is 0 Å². The van der Waals surface area contributed by atoms with Crippen LogP contribution in [0.5, 0.6) is 5.75 Å². The number of sulfone groups is 2.